The van der Waals surface area contributed by atoms with E-state index in [2.05, 4.69) is 13.2 Å². The van der Waals surface area contributed by atoms with E-state index in [1.807, 2.05) is 0 Å². The van der Waals surface area contributed by atoms with E-state index in [1.54, 1.807) is 20.8 Å². The third-order valence-corrected chi connectivity index (χ3v) is 2.52. The van der Waals surface area contributed by atoms with E-state index in [1.165, 1.54) is 0 Å². The van der Waals surface area contributed by atoms with Crippen molar-refractivity contribution in [1.82, 2.24) is 0 Å². The quantitative estimate of drug-likeness (QED) is 0.651. The minimum atomic E-state index is -1.11. The van der Waals surface area contributed by atoms with Gasteiger partial charge in [0.05, 0.1) is 5.60 Å². The van der Waals surface area contributed by atoms with Gasteiger partial charge in [0.1, 0.15) is 5.83 Å². The molecule has 1 aliphatic rings. The maximum Gasteiger partial charge on any atom is 0.492 e. The first-order valence-electron chi connectivity index (χ1n) is 4.38. The first-order chi connectivity index (χ1) is 6.27. The molecule has 4 heteroatoms. The zero-order chi connectivity index (χ0) is 11.1. The van der Waals surface area contributed by atoms with Crippen LogP contribution < -0.4 is 0 Å². The molecule has 0 amide bonds. The Balaban J connectivity index is 3.21. The normalized spacial score (nSPS) is 24.1. The molecule has 0 aliphatic carbocycles. The van der Waals surface area contributed by atoms with E-state index in [0.717, 1.165) is 0 Å². The highest BCUT2D eigenvalue weighted by Crippen LogP contribution is 2.38. The predicted molar refractivity (Wildman–Crippen MR) is 55.2 cm³/mol. The van der Waals surface area contributed by atoms with Crippen molar-refractivity contribution in [1.29, 1.82) is 0 Å². The second-order valence-electron chi connectivity index (χ2n) is 3.90. The maximum absolute atomic E-state index is 12.9. The lowest BCUT2D eigenvalue weighted by molar-refractivity contribution is 0.145. The number of allylic oxidation sites excluding steroid dienone is 2. The lowest BCUT2D eigenvalue weighted by Gasteiger charge is -2.18. The van der Waals surface area contributed by atoms with Gasteiger partial charge in [0.25, 0.3) is 0 Å². The lowest BCUT2D eigenvalue weighted by atomic mass is 9.73. The molecule has 0 radical (unpaired) electrons. The molecule has 14 heavy (non-hydrogen) atoms. The molecule has 0 spiro atoms. The number of halogens is 1. The zero-order valence-corrected chi connectivity index (χ0v) is 8.72. The van der Waals surface area contributed by atoms with Gasteiger partial charge in [0.2, 0.25) is 0 Å². The van der Waals surface area contributed by atoms with Crippen molar-refractivity contribution in [3.05, 3.63) is 35.6 Å². The Labute approximate surface area is 83.9 Å². The standard InChI is InChI=1S/C10H14BFO2/c1-6(8(3)12)9-7(2)10(4,5)14-11(9)13/h13H,2-3H2,1,4-5H3/b9-6+. The molecule has 0 saturated carbocycles. The molecule has 0 bridgehead atoms. The molecular formula is C10H14BFO2. The van der Waals surface area contributed by atoms with Crippen LogP contribution in [0.3, 0.4) is 0 Å². The molecule has 0 unspecified atom stereocenters. The Bertz CT molecular complexity index is 331. The van der Waals surface area contributed by atoms with Crippen molar-refractivity contribution in [2.75, 3.05) is 0 Å². The van der Waals surface area contributed by atoms with Gasteiger partial charge in [-0.05, 0) is 37.4 Å². The Morgan fingerprint density at radius 1 is 1.57 bits per heavy atom. The van der Waals surface area contributed by atoms with Crippen molar-refractivity contribution >= 4 is 7.12 Å². The fourth-order valence-corrected chi connectivity index (χ4v) is 1.44. The van der Waals surface area contributed by atoms with Crippen LogP contribution in [-0.2, 0) is 4.65 Å². The Kier molecular flexibility index (Phi) is 2.70. The summed E-state index contributed by atoms with van der Waals surface area (Å²) in [6.07, 6.45) is 0. The van der Waals surface area contributed by atoms with Crippen molar-refractivity contribution in [3.63, 3.8) is 0 Å². The summed E-state index contributed by atoms with van der Waals surface area (Å²) in [6.45, 7) is 12.1. The molecule has 76 valence electrons. The molecule has 1 fully saturated rings. The monoisotopic (exact) mass is 196 g/mol. The summed E-state index contributed by atoms with van der Waals surface area (Å²) in [5, 5.41) is 9.57. The van der Waals surface area contributed by atoms with E-state index in [9.17, 15) is 9.41 Å². The van der Waals surface area contributed by atoms with Crippen molar-refractivity contribution in [2.24, 2.45) is 0 Å². The fraction of sp³-hybridized carbons (Fsp3) is 0.400. The highest BCUT2D eigenvalue weighted by molar-refractivity contribution is 6.55. The van der Waals surface area contributed by atoms with Gasteiger partial charge in [0.15, 0.2) is 0 Å². The molecule has 1 rings (SSSR count). The van der Waals surface area contributed by atoms with Crippen LogP contribution in [0.4, 0.5) is 4.39 Å². The van der Waals surface area contributed by atoms with Crippen LogP contribution in [0, 0.1) is 0 Å². The van der Waals surface area contributed by atoms with Crippen LogP contribution in [0.25, 0.3) is 0 Å². The molecule has 1 heterocycles. The smallest absolute Gasteiger partial charge is 0.423 e. The summed E-state index contributed by atoms with van der Waals surface area (Å²) in [7, 11) is -1.11. The van der Waals surface area contributed by atoms with E-state index in [-0.39, 0.29) is 0 Å². The molecule has 1 saturated heterocycles. The molecule has 0 aromatic rings. The average Bonchev–Trinajstić information content (AvgIpc) is 2.21. The van der Waals surface area contributed by atoms with Crippen LogP contribution in [0.15, 0.2) is 35.6 Å². The number of hydrogen-bond acceptors (Lipinski definition) is 2. The van der Waals surface area contributed by atoms with Crippen LogP contribution in [0.2, 0.25) is 0 Å². The molecular weight excluding hydrogens is 182 g/mol. The van der Waals surface area contributed by atoms with Crippen molar-refractivity contribution in [3.8, 4) is 0 Å². The highest BCUT2D eigenvalue weighted by Gasteiger charge is 2.43. The molecule has 0 atom stereocenters. The molecule has 2 nitrogen and oxygen atoms in total. The number of rotatable bonds is 1. The summed E-state index contributed by atoms with van der Waals surface area (Å²) in [6, 6.07) is 0. The summed E-state index contributed by atoms with van der Waals surface area (Å²) in [5.74, 6) is -0.568. The van der Waals surface area contributed by atoms with Gasteiger partial charge in [-0.3, -0.25) is 0 Å². The summed E-state index contributed by atoms with van der Waals surface area (Å²) < 4.78 is 18.1. The van der Waals surface area contributed by atoms with Crippen LogP contribution in [0.1, 0.15) is 20.8 Å². The largest absolute Gasteiger partial charge is 0.492 e. The van der Waals surface area contributed by atoms with E-state index < -0.39 is 18.5 Å². The molecule has 1 N–H and O–H groups in total. The molecule has 0 aromatic heterocycles. The summed E-state index contributed by atoms with van der Waals surface area (Å²) >= 11 is 0. The molecule has 0 aromatic carbocycles. The average molecular weight is 196 g/mol. The van der Waals surface area contributed by atoms with Gasteiger partial charge in [-0.2, -0.15) is 0 Å². The van der Waals surface area contributed by atoms with Crippen LogP contribution >= 0.6 is 0 Å². The van der Waals surface area contributed by atoms with Crippen molar-refractivity contribution in [2.45, 2.75) is 26.4 Å². The van der Waals surface area contributed by atoms with Gasteiger partial charge < -0.3 is 9.68 Å². The Hall–Kier alpha value is -0.865. The Morgan fingerprint density at radius 3 is 2.36 bits per heavy atom. The summed E-state index contributed by atoms with van der Waals surface area (Å²) in [5.41, 5.74) is 0.655. The van der Waals surface area contributed by atoms with Gasteiger partial charge in [0, 0.05) is 0 Å². The predicted octanol–water partition coefficient (Wildman–Crippen LogP) is 2.17. The highest BCUT2D eigenvalue weighted by atomic mass is 19.1. The number of hydrogen-bond donors (Lipinski definition) is 1. The van der Waals surface area contributed by atoms with E-state index in [4.69, 9.17) is 4.65 Å². The van der Waals surface area contributed by atoms with Gasteiger partial charge in [-0.15, -0.1) is 0 Å². The fourth-order valence-electron chi connectivity index (χ4n) is 1.44. The Morgan fingerprint density at radius 2 is 2.07 bits per heavy atom. The lowest BCUT2D eigenvalue weighted by Crippen LogP contribution is -2.23. The van der Waals surface area contributed by atoms with Gasteiger partial charge in [-0.1, -0.05) is 13.2 Å². The summed E-state index contributed by atoms with van der Waals surface area (Å²) in [4.78, 5) is 0. The third kappa shape index (κ3) is 1.67. The van der Waals surface area contributed by atoms with E-state index in [0.29, 0.717) is 16.6 Å². The van der Waals surface area contributed by atoms with E-state index >= 15 is 0 Å². The second kappa shape index (κ2) is 3.37. The minimum absolute atomic E-state index is 0.299. The maximum atomic E-state index is 12.9. The minimum Gasteiger partial charge on any atom is -0.423 e. The van der Waals surface area contributed by atoms with Gasteiger partial charge in [-0.25, -0.2) is 4.39 Å². The van der Waals surface area contributed by atoms with Crippen LogP contribution in [-0.4, -0.2) is 17.7 Å². The third-order valence-electron chi connectivity index (χ3n) is 2.52. The first-order valence-corrected chi connectivity index (χ1v) is 4.38. The SMILES string of the molecule is C=C(F)/C(C)=C1/B(O)OC(C)(C)C1=C. The van der Waals surface area contributed by atoms with Gasteiger partial charge >= 0.3 is 7.12 Å². The zero-order valence-electron chi connectivity index (χ0n) is 8.72. The van der Waals surface area contributed by atoms with Crippen molar-refractivity contribution < 1.29 is 14.1 Å². The first kappa shape index (κ1) is 11.2. The van der Waals surface area contributed by atoms with Crippen LogP contribution in [0.5, 0.6) is 0 Å². The second-order valence-corrected chi connectivity index (χ2v) is 3.90. The molecule has 1 aliphatic heterocycles. The topological polar surface area (TPSA) is 29.5 Å².